The van der Waals surface area contributed by atoms with Gasteiger partial charge < -0.3 is 20.7 Å². The zero-order valence-corrected chi connectivity index (χ0v) is 12.4. The molecule has 1 aliphatic rings. The van der Waals surface area contributed by atoms with Crippen LogP contribution in [-0.2, 0) is 20.8 Å². The highest BCUT2D eigenvalue weighted by Crippen LogP contribution is 2.32. The molecular formula is C15H19N3O4. The highest BCUT2D eigenvalue weighted by molar-refractivity contribution is 5.95. The second kappa shape index (κ2) is 7.44. The van der Waals surface area contributed by atoms with Crippen LogP contribution < -0.4 is 20.7 Å². The van der Waals surface area contributed by atoms with Crippen LogP contribution in [0.15, 0.2) is 18.2 Å². The smallest absolute Gasteiger partial charge is 0.257 e. The van der Waals surface area contributed by atoms with Gasteiger partial charge in [0.2, 0.25) is 11.8 Å². The Bertz CT molecular complexity index is 586. The summed E-state index contributed by atoms with van der Waals surface area (Å²) < 4.78 is 5.47. The molecule has 22 heavy (non-hydrogen) atoms. The number of carbonyl (C=O) groups excluding carboxylic acids is 3. The summed E-state index contributed by atoms with van der Waals surface area (Å²) in [6, 6.07) is 5.46. The van der Waals surface area contributed by atoms with Crippen LogP contribution >= 0.6 is 0 Å². The van der Waals surface area contributed by atoms with Gasteiger partial charge in [-0.2, -0.15) is 0 Å². The molecular weight excluding hydrogens is 286 g/mol. The first-order valence-corrected chi connectivity index (χ1v) is 7.12. The van der Waals surface area contributed by atoms with E-state index in [2.05, 4.69) is 16.0 Å². The number of nitrogens with one attached hydrogen (secondary N) is 3. The van der Waals surface area contributed by atoms with Gasteiger partial charge in [-0.3, -0.25) is 14.4 Å². The Morgan fingerprint density at radius 3 is 2.86 bits per heavy atom. The van der Waals surface area contributed by atoms with Gasteiger partial charge in [-0.25, -0.2) is 0 Å². The molecule has 0 atom stereocenters. The van der Waals surface area contributed by atoms with E-state index in [4.69, 9.17) is 4.74 Å². The van der Waals surface area contributed by atoms with Crippen LogP contribution in [0.5, 0.6) is 5.75 Å². The molecule has 2 rings (SSSR count). The minimum absolute atomic E-state index is 0.0569. The van der Waals surface area contributed by atoms with Crippen LogP contribution in [0.1, 0.15) is 18.4 Å². The van der Waals surface area contributed by atoms with Crippen molar-refractivity contribution in [1.82, 2.24) is 10.6 Å². The van der Waals surface area contributed by atoms with E-state index in [9.17, 15) is 14.4 Å². The van der Waals surface area contributed by atoms with Gasteiger partial charge >= 0.3 is 0 Å². The number of fused-ring (bicyclic) bond motifs is 1. The summed E-state index contributed by atoms with van der Waals surface area (Å²) in [6.07, 6.45) is 1.34. The molecule has 7 nitrogen and oxygen atoms in total. The lowest BCUT2D eigenvalue weighted by molar-refractivity contribution is -0.123. The summed E-state index contributed by atoms with van der Waals surface area (Å²) in [5, 5.41) is 7.84. The number of benzene rings is 1. The molecule has 0 radical (unpaired) electrons. The molecule has 0 saturated heterocycles. The van der Waals surface area contributed by atoms with E-state index in [1.807, 2.05) is 12.1 Å². The molecule has 3 amide bonds. The summed E-state index contributed by atoms with van der Waals surface area (Å²) in [6.45, 7) is 0.0889. The largest absolute Gasteiger partial charge is 0.482 e. The van der Waals surface area contributed by atoms with Gasteiger partial charge in [0.05, 0.1) is 5.69 Å². The summed E-state index contributed by atoms with van der Waals surface area (Å²) >= 11 is 0. The third-order valence-electron chi connectivity index (χ3n) is 3.31. The SMILES string of the molecule is CNC(=O)CCNC(=O)COc1cccc2c1NC(=O)CC2. The van der Waals surface area contributed by atoms with E-state index in [0.29, 0.717) is 24.3 Å². The minimum atomic E-state index is -0.316. The number of rotatable bonds is 6. The number of aryl methyl sites for hydroxylation is 1. The molecule has 0 aromatic heterocycles. The number of carbonyl (C=O) groups is 3. The van der Waals surface area contributed by atoms with Crippen molar-refractivity contribution in [3.8, 4) is 5.75 Å². The maximum absolute atomic E-state index is 11.7. The van der Waals surface area contributed by atoms with Crippen molar-refractivity contribution >= 4 is 23.4 Å². The fourth-order valence-electron chi connectivity index (χ4n) is 2.13. The molecule has 7 heteroatoms. The fourth-order valence-corrected chi connectivity index (χ4v) is 2.13. The van der Waals surface area contributed by atoms with Crippen LogP contribution in [0.2, 0.25) is 0 Å². The Kier molecular flexibility index (Phi) is 5.35. The Labute approximate surface area is 128 Å². The summed E-state index contributed by atoms with van der Waals surface area (Å²) in [5.74, 6) is -0.0321. The van der Waals surface area contributed by atoms with Crippen LogP contribution in [0.25, 0.3) is 0 Å². The predicted molar refractivity (Wildman–Crippen MR) is 80.6 cm³/mol. The van der Waals surface area contributed by atoms with E-state index in [1.54, 1.807) is 13.1 Å². The average molecular weight is 305 g/mol. The molecule has 118 valence electrons. The van der Waals surface area contributed by atoms with Gasteiger partial charge in [0, 0.05) is 26.4 Å². The third-order valence-corrected chi connectivity index (χ3v) is 3.31. The van der Waals surface area contributed by atoms with Gasteiger partial charge in [0.15, 0.2) is 6.61 Å². The van der Waals surface area contributed by atoms with E-state index in [0.717, 1.165) is 5.56 Å². The highest BCUT2D eigenvalue weighted by atomic mass is 16.5. The Hall–Kier alpha value is -2.57. The van der Waals surface area contributed by atoms with Crippen molar-refractivity contribution in [1.29, 1.82) is 0 Å². The van der Waals surface area contributed by atoms with Gasteiger partial charge in [0.25, 0.3) is 5.91 Å². The average Bonchev–Trinajstić information content (AvgIpc) is 2.52. The molecule has 0 unspecified atom stereocenters. The minimum Gasteiger partial charge on any atom is -0.482 e. The van der Waals surface area contributed by atoms with Crippen LogP contribution in [0, 0.1) is 0 Å². The quantitative estimate of drug-likeness (QED) is 0.699. The first-order chi connectivity index (χ1) is 10.6. The van der Waals surface area contributed by atoms with Crippen molar-refractivity contribution in [2.45, 2.75) is 19.3 Å². The van der Waals surface area contributed by atoms with Crippen molar-refractivity contribution in [3.05, 3.63) is 23.8 Å². The monoisotopic (exact) mass is 305 g/mol. The lowest BCUT2D eigenvalue weighted by Gasteiger charge is -2.20. The lowest BCUT2D eigenvalue weighted by Crippen LogP contribution is -2.32. The zero-order valence-electron chi connectivity index (χ0n) is 12.4. The van der Waals surface area contributed by atoms with Crippen molar-refractivity contribution in [2.24, 2.45) is 0 Å². The maximum Gasteiger partial charge on any atom is 0.257 e. The predicted octanol–water partition coefficient (Wildman–Crippen LogP) is 0.202. The molecule has 1 aliphatic heterocycles. The molecule has 1 aromatic carbocycles. The van der Waals surface area contributed by atoms with Crippen molar-refractivity contribution in [3.63, 3.8) is 0 Å². The fraction of sp³-hybridized carbons (Fsp3) is 0.400. The summed E-state index contributed by atoms with van der Waals surface area (Å²) in [4.78, 5) is 34.2. The topological polar surface area (TPSA) is 96.5 Å². The molecule has 0 aliphatic carbocycles. The van der Waals surface area contributed by atoms with Gasteiger partial charge in [-0.15, -0.1) is 0 Å². The standard InChI is InChI=1S/C15H19N3O4/c1-16-12(19)7-8-17-14(21)9-22-11-4-2-3-10-5-6-13(20)18-15(10)11/h2-4H,5-9H2,1H3,(H,16,19)(H,17,21)(H,18,20). The summed E-state index contributed by atoms with van der Waals surface area (Å²) in [7, 11) is 1.54. The number of amides is 3. The summed E-state index contributed by atoms with van der Waals surface area (Å²) in [5.41, 5.74) is 1.63. The second-order valence-electron chi connectivity index (χ2n) is 4.90. The number of ether oxygens (including phenoxy) is 1. The number of para-hydroxylation sites is 1. The molecule has 3 N–H and O–H groups in total. The second-order valence-corrected chi connectivity index (χ2v) is 4.90. The molecule has 1 aromatic rings. The third kappa shape index (κ3) is 4.21. The molecule has 1 heterocycles. The van der Waals surface area contributed by atoms with Crippen molar-refractivity contribution < 1.29 is 19.1 Å². The highest BCUT2D eigenvalue weighted by Gasteiger charge is 2.18. The number of hydrogen-bond donors (Lipinski definition) is 3. The Balaban J connectivity index is 1.85. The van der Waals surface area contributed by atoms with E-state index in [1.165, 1.54) is 0 Å². The Morgan fingerprint density at radius 2 is 2.09 bits per heavy atom. The maximum atomic E-state index is 11.7. The molecule has 0 bridgehead atoms. The molecule has 0 saturated carbocycles. The number of hydrogen-bond acceptors (Lipinski definition) is 4. The first kappa shape index (κ1) is 15.8. The van der Waals surface area contributed by atoms with E-state index < -0.39 is 0 Å². The van der Waals surface area contributed by atoms with Crippen LogP contribution in [-0.4, -0.2) is 37.9 Å². The Morgan fingerprint density at radius 1 is 1.27 bits per heavy atom. The first-order valence-electron chi connectivity index (χ1n) is 7.12. The van der Waals surface area contributed by atoms with Gasteiger partial charge in [-0.05, 0) is 18.1 Å². The molecule has 0 spiro atoms. The normalized spacial score (nSPS) is 12.9. The number of anilines is 1. The zero-order chi connectivity index (χ0) is 15.9. The van der Waals surface area contributed by atoms with Crippen LogP contribution in [0.4, 0.5) is 5.69 Å². The van der Waals surface area contributed by atoms with E-state index >= 15 is 0 Å². The van der Waals surface area contributed by atoms with Crippen LogP contribution in [0.3, 0.4) is 0 Å². The molecule has 0 fully saturated rings. The lowest BCUT2D eigenvalue weighted by atomic mass is 10.0. The van der Waals surface area contributed by atoms with Gasteiger partial charge in [0.1, 0.15) is 5.75 Å². The van der Waals surface area contributed by atoms with Gasteiger partial charge in [-0.1, -0.05) is 12.1 Å². The van der Waals surface area contributed by atoms with E-state index in [-0.39, 0.29) is 37.3 Å². The van der Waals surface area contributed by atoms with Crippen molar-refractivity contribution in [2.75, 3.05) is 25.5 Å².